The topological polar surface area (TPSA) is 257 Å². The van der Waals surface area contributed by atoms with Gasteiger partial charge in [-0.25, -0.2) is 4.79 Å². The Balaban J connectivity index is 1.59. The van der Waals surface area contributed by atoms with E-state index in [1.54, 1.807) is 79.7 Å². The fourth-order valence-electron chi connectivity index (χ4n) is 11.3. The molecule has 0 spiro atoms. The third kappa shape index (κ3) is 12.0. The normalized spacial score (nSPS) is 41.2. The number of aryl methyl sites for hydroxylation is 1. The lowest BCUT2D eigenvalue weighted by Crippen LogP contribution is -2.61. The standard InChI is InChI=1S/C51H78N4O15/c1-15-35-51(10)39(38(47(61)69-51)45(53)54-70-36(56)20-19-32-17-16-18-33(22-32)25-52)28(4)40(57)26(2)23-50(9,63-14)44(68-48-41(58)34(55(11)12)21-27(3)64-48)29(5)42(30(6)46(60)66-35)67-37-24-49(8,62-13)43(59)31(7)65-37/h16-18,22,26-31,34-35,37-39,41-44,48,58-59H,15,19-21,23-24H2,1-14H3,(H2,53,54)/t26-,27?,28-,29+,30-,31?,34?,35-,37?,38?,39?,41?,42+,43?,44-,48?,49?,50+,51-/m1/s1. The number of methoxy groups -OCH3 is 2. The molecule has 0 saturated carbocycles. The molecule has 4 aliphatic heterocycles. The average molecular weight is 987 g/mol. The van der Waals surface area contributed by atoms with Crippen molar-refractivity contribution in [3.8, 4) is 6.07 Å². The molecular weight excluding hydrogens is 909 g/mol. The van der Waals surface area contributed by atoms with E-state index in [-0.39, 0.29) is 50.0 Å². The first-order valence-electron chi connectivity index (χ1n) is 24.5. The number of rotatable bonds is 13. The number of oxime groups is 1. The summed E-state index contributed by atoms with van der Waals surface area (Å²) in [7, 11) is 6.71. The van der Waals surface area contributed by atoms with Gasteiger partial charge in [0, 0.05) is 50.4 Å². The van der Waals surface area contributed by atoms with E-state index in [1.165, 1.54) is 14.2 Å². The Labute approximate surface area is 412 Å². The highest BCUT2D eigenvalue weighted by atomic mass is 16.7. The van der Waals surface area contributed by atoms with Crippen LogP contribution < -0.4 is 5.73 Å². The molecule has 0 amide bonds. The molecule has 70 heavy (non-hydrogen) atoms. The summed E-state index contributed by atoms with van der Waals surface area (Å²) in [6, 6.07) is 8.51. The fourth-order valence-corrected chi connectivity index (χ4v) is 11.3. The number of hydrogen-bond acceptors (Lipinski definition) is 18. The Hall–Kier alpha value is -4.10. The number of amidine groups is 1. The number of nitrogens with zero attached hydrogens (tertiary/aromatic N) is 3. The number of benzene rings is 1. The molecule has 19 atom stereocenters. The molecule has 4 N–H and O–H groups in total. The number of nitrogens with two attached hydrogens (primary N) is 1. The molecule has 5 rings (SSSR count). The Kier molecular flexibility index (Phi) is 18.8. The van der Waals surface area contributed by atoms with Gasteiger partial charge in [-0.2, -0.15) is 5.26 Å². The maximum Gasteiger partial charge on any atom is 0.335 e. The number of cyclic esters (lactones) is 1. The zero-order chi connectivity index (χ0) is 52.2. The molecule has 0 radical (unpaired) electrons. The van der Waals surface area contributed by atoms with Crippen LogP contribution in [0.1, 0.15) is 112 Å². The number of hydrogen-bond donors (Lipinski definition) is 3. The number of ketones is 1. The molecule has 10 unspecified atom stereocenters. The van der Waals surface area contributed by atoms with Crippen molar-refractivity contribution in [2.45, 2.75) is 186 Å². The SMILES string of the molecule is CC[C@H]1OC(=O)[C@H](C)[C@@H](OC2CC(C)(OC)C(O)C(C)O2)[C@H](C)[C@@H](OC2OC(C)CC(N(C)C)C2O)[C@@](C)(OC)C[C@@H](C)C(=O)[C@H](C)C2C(/C(N)=N\OC(=O)CCc3cccc(C#N)c3)C(=O)O[C@@]21C. The Morgan fingerprint density at radius 1 is 0.957 bits per heavy atom. The van der Waals surface area contributed by atoms with E-state index in [2.05, 4.69) is 11.2 Å². The predicted molar refractivity (Wildman–Crippen MR) is 253 cm³/mol. The van der Waals surface area contributed by atoms with Crippen LogP contribution >= 0.6 is 0 Å². The quantitative estimate of drug-likeness (QED) is 0.0823. The van der Waals surface area contributed by atoms with Crippen molar-refractivity contribution >= 4 is 29.5 Å². The van der Waals surface area contributed by atoms with Crippen LogP contribution in [0, 0.1) is 46.8 Å². The van der Waals surface area contributed by atoms with Crippen molar-refractivity contribution in [2.75, 3.05) is 28.3 Å². The van der Waals surface area contributed by atoms with Crippen molar-refractivity contribution in [2.24, 2.45) is 46.4 Å². The van der Waals surface area contributed by atoms with Gasteiger partial charge in [-0.3, -0.25) is 14.4 Å². The lowest BCUT2D eigenvalue weighted by molar-refractivity contribution is -0.319. The van der Waals surface area contributed by atoms with E-state index in [0.717, 1.165) is 5.56 Å². The minimum atomic E-state index is -1.66. The zero-order valence-corrected chi connectivity index (χ0v) is 43.4. The molecule has 1 aromatic carbocycles. The highest BCUT2D eigenvalue weighted by Gasteiger charge is 2.63. The smallest absolute Gasteiger partial charge is 0.335 e. The van der Waals surface area contributed by atoms with Gasteiger partial charge in [0.25, 0.3) is 0 Å². The van der Waals surface area contributed by atoms with Crippen LogP contribution in [0.25, 0.3) is 0 Å². The van der Waals surface area contributed by atoms with Crippen molar-refractivity contribution in [3.63, 3.8) is 0 Å². The molecule has 1 aromatic rings. The molecule has 4 fully saturated rings. The van der Waals surface area contributed by atoms with Crippen molar-refractivity contribution in [1.82, 2.24) is 4.90 Å². The molecule has 392 valence electrons. The van der Waals surface area contributed by atoms with Crippen LogP contribution in [0.4, 0.5) is 0 Å². The van der Waals surface area contributed by atoms with Gasteiger partial charge < -0.3 is 63.6 Å². The van der Waals surface area contributed by atoms with Gasteiger partial charge in [0.05, 0.1) is 59.6 Å². The highest BCUT2D eigenvalue weighted by molar-refractivity contribution is 6.03. The van der Waals surface area contributed by atoms with Crippen LogP contribution in [-0.2, 0) is 68.3 Å². The first-order chi connectivity index (χ1) is 32.8. The first-order valence-corrected chi connectivity index (χ1v) is 24.5. The molecule has 0 aromatic heterocycles. The summed E-state index contributed by atoms with van der Waals surface area (Å²) in [6.45, 7) is 17.4. The van der Waals surface area contributed by atoms with Crippen molar-refractivity contribution in [3.05, 3.63) is 35.4 Å². The van der Waals surface area contributed by atoms with Crippen molar-refractivity contribution in [1.29, 1.82) is 5.26 Å². The number of carbonyl (C=O) groups is 4. The maximum atomic E-state index is 15.1. The molecule has 4 aliphatic rings. The van der Waals surface area contributed by atoms with Crippen molar-refractivity contribution < 1.29 is 72.1 Å². The van der Waals surface area contributed by atoms with E-state index in [9.17, 15) is 29.9 Å². The lowest BCUT2D eigenvalue weighted by atomic mass is 9.67. The van der Waals surface area contributed by atoms with Gasteiger partial charge >= 0.3 is 17.9 Å². The maximum absolute atomic E-state index is 15.1. The molecule has 4 heterocycles. The molecule has 0 aliphatic carbocycles. The summed E-state index contributed by atoms with van der Waals surface area (Å²) in [6.07, 6.45) is -7.77. The van der Waals surface area contributed by atoms with E-state index >= 15 is 4.79 Å². The third-order valence-electron chi connectivity index (χ3n) is 15.6. The number of esters is 2. The Bertz CT molecular complexity index is 2080. The Morgan fingerprint density at radius 2 is 1.63 bits per heavy atom. The minimum absolute atomic E-state index is 0.0339. The van der Waals surface area contributed by atoms with E-state index in [0.29, 0.717) is 12.0 Å². The monoisotopic (exact) mass is 987 g/mol. The second-order valence-electron chi connectivity index (χ2n) is 20.9. The summed E-state index contributed by atoms with van der Waals surface area (Å²) in [5, 5.41) is 36.1. The summed E-state index contributed by atoms with van der Waals surface area (Å²) in [4.78, 5) is 64.3. The zero-order valence-electron chi connectivity index (χ0n) is 43.4. The second kappa shape index (κ2) is 23.2. The molecule has 19 nitrogen and oxygen atoms in total. The van der Waals surface area contributed by atoms with Crippen LogP contribution in [0.2, 0.25) is 0 Å². The molecular formula is C51H78N4O15. The summed E-state index contributed by atoms with van der Waals surface area (Å²) >= 11 is 0. The molecule has 0 bridgehead atoms. The number of Topliss-reactive ketones (excluding diaryl/α,β-unsaturated/α-hetero) is 1. The van der Waals surface area contributed by atoms with Gasteiger partial charge in [0.2, 0.25) is 0 Å². The van der Waals surface area contributed by atoms with Crippen LogP contribution in [0.5, 0.6) is 0 Å². The molecule has 19 heteroatoms. The predicted octanol–water partition coefficient (Wildman–Crippen LogP) is 4.20. The molecule has 4 saturated heterocycles. The Morgan fingerprint density at radius 3 is 2.24 bits per heavy atom. The van der Waals surface area contributed by atoms with Crippen LogP contribution in [0.15, 0.2) is 29.4 Å². The van der Waals surface area contributed by atoms with E-state index in [4.69, 9.17) is 48.5 Å². The van der Waals surface area contributed by atoms with Gasteiger partial charge in [-0.15, -0.1) is 0 Å². The summed E-state index contributed by atoms with van der Waals surface area (Å²) in [5.74, 6) is -9.27. The number of carbonyl (C=O) groups excluding carboxylic acids is 4. The van der Waals surface area contributed by atoms with E-state index < -0.39 is 125 Å². The van der Waals surface area contributed by atoms with Gasteiger partial charge in [-0.05, 0) is 99.0 Å². The van der Waals surface area contributed by atoms with Crippen LogP contribution in [0.3, 0.4) is 0 Å². The lowest BCUT2D eigenvalue weighted by Gasteiger charge is -2.50. The summed E-state index contributed by atoms with van der Waals surface area (Å²) < 4.78 is 51.2. The fraction of sp³-hybridized carbons (Fsp3) is 0.765. The number of aliphatic hydroxyl groups excluding tert-OH is 2. The minimum Gasteiger partial charge on any atom is -0.458 e. The van der Waals surface area contributed by atoms with E-state index in [1.807, 2.05) is 32.8 Å². The number of aliphatic hydroxyl groups is 2. The highest BCUT2D eigenvalue weighted by Crippen LogP contribution is 2.49. The first kappa shape index (κ1) is 56.8. The number of nitriles is 1. The van der Waals surface area contributed by atoms with Crippen LogP contribution in [-0.4, -0.2) is 151 Å². The number of ether oxygens (including phenoxy) is 8. The van der Waals surface area contributed by atoms with Gasteiger partial charge in [0.1, 0.15) is 30.0 Å². The largest absolute Gasteiger partial charge is 0.458 e. The van der Waals surface area contributed by atoms with Gasteiger partial charge in [0.15, 0.2) is 24.0 Å². The number of fused-ring (bicyclic) bond motifs is 1. The third-order valence-corrected chi connectivity index (χ3v) is 15.6. The second-order valence-corrected chi connectivity index (χ2v) is 20.9. The number of likely N-dealkylation sites (N-methyl/N-ethyl adjacent to an activating group) is 1. The van der Waals surface area contributed by atoms with Gasteiger partial charge in [-0.1, -0.05) is 45.0 Å². The summed E-state index contributed by atoms with van der Waals surface area (Å²) in [5.41, 5.74) is 3.60. The average Bonchev–Trinajstić information content (AvgIpc) is 3.60.